The van der Waals surface area contributed by atoms with Gasteiger partial charge in [0.2, 0.25) is 0 Å². The number of benzene rings is 1. The van der Waals surface area contributed by atoms with Crippen LogP contribution in [0.1, 0.15) is 45.1 Å². The normalized spacial score (nSPS) is 23.1. The Hall–Kier alpha value is -1.58. The highest BCUT2D eigenvalue weighted by atomic mass is 16.6. The van der Waals surface area contributed by atoms with Crippen molar-refractivity contribution in [2.24, 2.45) is 5.92 Å². The van der Waals surface area contributed by atoms with Crippen LogP contribution in [0, 0.1) is 16.0 Å². The van der Waals surface area contributed by atoms with E-state index < -0.39 is 0 Å². The van der Waals surface area contributed by atoms with E-state index in [2.05, 4.69) is 12.2 Å². The molecule has 0 saturated heterocycles. The van der Waals surface area contributed by atoms with Gasteiger partial charge in [-0.05, 0) is 31.2 Å². The van der Waals surface area contributed by atoms with Crippen LogP contribution in [0.2, 0.25) is 0 Å². The molecule has 4 nitrogen and oxygen atoms in total. The third-order valence-corrected chi connectivity index (χ3v) is 4.13. The highest BCUT2D eigenvalue weighted by Crippen LogP contribution is 2.29. The van der Waals surface area contributed by atoms with E-state index in [0.717, 1.165) is 17.7 Å². The molecule has 0 spiro atoms. The summed E-state index contributed by atoms with van der Waals surface area (Å²) in [6.45, 7) is 4.20. The van der Waals surface area contributed by atoms with E-state index in [9.17, 15) is 10.1 Å². The van der Waals surface area contributed by atoms with Crippen LogP contribution in [-0.4, -0.2) is 11.0 Å². The van der Waals surface area contributed by atoms with Crippen LogP contribution >= 0.6 is 0 Å². The standard InChI is InChI=1S/C15H22N2O2/c1-3-12-8-9-13(10-15(12)17(18)19)16-14-7-5-4-6-11(14)2/h8-11,14,16H,3-7H2,1-2H3. The maximum Gasteiger partial charge on any atom is 0.274 e. The fourth-order valence-electron chi connectivity index (χ4n) is 2.87. The maximum absolute atomic E-state index is 11.1. The second-order valence-electron chi connectivity index (χ2n) is 5.47. The lowest BCUT2D eigenvalue weighted by atomic mass is 9.86. The van der Waals surface area contributed by atoms with Gasteiger partial charge in [-0.25, -0.2) is 0 Å². The summed E-state index contributed by atoms with van der Waals surface area (Å²) in [6.07, 6.45) is 5.64. The average Bonchev–Trinajstić information content (AvgIpc) is 2.41. The van der Waals surface area contributed by atoms with Gasteiger partial charge in [-0.15, -0.1) is 0 Å². The molecule has 0 aliphatic heterocycles. The summed E-state index contributed by atoms with van der Waals surface area (Å²) in [5.74, 6) is 0.638. The van der Waals surface area contributed by atoms with Crippen LogP contribution in [0.25, 0.3) is 0 Å². The monoisotopic (exact) mass is 262 g/mol. The molecule has 0 heterocycles. The number of rotatable bonds is 4. The molecule has 1 fully saturated rings. The van der Waals surface area contributed by atoms with Crippen molar-refractivity contribution in [1.82, 2.24) is 0 Å². The molecule has 0 bridgehead atoms. The molecular formula is C15H22N2O2. The first-order valence-electron chi connectivity index (χ1n) is 7.15. The van der Waals surface area contributed by atoms with Crippen LogP contribution in [0.3, 0.4) is 0 Å². The van der Waals surface area contributed by atoms with E-state index in [0.29, 0.717) is 18.4 Å². The average molecular weight is 262 g/mol. The topological polar surface area (TPSA) is 55.2 Å². The highest BCUT2D eigenvalue weighted by Gasteiger charge is 2.22. The summed E-state index contributed by atoms with van der Waals surface area (Å²) in [6, 6.07) is 5.96. The minimum absolute atomic E-state index is 0.232. The molecule has 0 radical (unpaired) electrons. The second-order valence-corrected chi connectivity index (χ2v) is 5.47. The Balaban J connectivity index is 2.16. The van der Waals surface area contributed by atoms with Gasteiger partial charge in [-0.1, -0.05) is 32.8 Å². The Labute approximate surface area is 114 Å². The van der Waals surface area contributed by atoms with Gasteiger partial charge in [-0.3, -0.25) is 10.1 Å². The Morgan fingerprint density at radius 1 is 1.37 bits per heavy atom. The minimum Gasteiger partial charge on any atom is -0.382 e. The number of anilines is 1. The zero-order valence-electron chi connectivity index (χ0n) is 11.7. The molecule has 1 N–H and O–H groups in total. The molecule has 1 aliphatic carbocycles. The van der Waals surface area contributed by atoms with E-state index in [1.165, 1.54) is 19.3 Å². The van der Waals surface area contributed by atoms with Gasteiger partial charge in [0.1, 0.15) is 0 Å². The van der Waals surface area contributed by atoms with Crippen molar-refractivity contribution in [2.45, 2.75) is 52.0 Å². The van der Waals surface area contributed by atoms with Gasteiger partial charge >= 0.3 is 0 Å². The Kier molecular flexibility index (Phi) is 4.40. The molecule has 0 aromatic heterocycles. The van der Waals surface area contributed by atoms with Crippen molar-refractivity contribution in [1.29, 1.82) is 0 Å². The van der Waals surface area contributed by atoms with Crippen molar-refractivity contribution in [2.75, 3.05) is 5.32 Å². The maximum atomic E-state index is 11.1. The molecule has 2 unspecified atom stereocenters. The number of nitro benzene ring substituents is 1. The fourth-order valence-corrected chi connectivity index (χ4v) is 2.87. The summed E-state index contributed by atoms with van der Waals surface area (Å²) in [5.41, 5.74) is 1.91. The van der Waals surface area contributed by atoms with E-state index in [-0.39, 0.29) is 10.6 Å². The van der Waals surface area contributed by atoms with Gasteiger partial charge in [0.05, 0.1) is 4.92 Å². The third-order valence-electron chi connectivity index (χ3n) is 4.13. The number of aryl methyl sites for hydroxylation is 1. The van der Waals surface area contributed by atoms with Gasteiger partial charge in [0.25, 0.3) is 5.69 Å². The third kappa shape index (κ3) is 3.25. The second kappa shape index (κ2) is 6.04. The minimum atomic E-state index is -0.283. The smallest absolute Gasteiger partial charge is 0.274 e. The summed E-state index contributed by atoms with van der Waals surface area (Å²) < 4.78 is 0. The van der Waals surface area contributed by atoms with Crippen molar-refractivity contribution < 1.29 is 4.92 Å². The van der Waals surface area contributed by atoms with Crippen LogP contribution in [0.5, 0.6) is 0 Å². The van der Waals surface area contributed by atoms with Crippen LogP contribution in [0.4, 0.5) is 11.4 Å². The molecule has 0 amide bonds. The van der Waals surface area contributed by atoms with Gasteiger partial charge in [-0.2, -0.15) is 0 Å². The predicted molar refractivity (Wildman–Crippen MR) is 77.5 cm³/mol. The summed E-state index contributed by atoms with van der Waals surface area (Å²) in [7, 11) is 0. The van der Waals surface area contributed by atoms with Crippen molar-refractivity contribution >= 4 is 11.4 Å². The van der Waals surface area contributed by atoms with E-state index in [4.69, 9.17) is 0 Å². The quantitative estimate of drug-likeness (QED) is 0.655. The molecule has 4 heteroatoms. The zero-order valence-corrected chi connectivity index (χ0v) is 11.7. The number of hydrogen-bond donors (Lipinski definition) is 1. The first kappa shape index (κ1) is 13.8. The predicted octanol–water partition coefficient (Wildman–Crippen LogP) is 4.15. The molecular weight excluding hydrogens is 240 g/mol. The van der Waals surface area contributed by atoms with Crippen LogP contribution in [0.15, 0.2) is 18.2 Å². The molecule has 1 aromatic rings. The summed E-state index contributed by atoms with van der Waals surface area (Å²) in [5, 5.41) is 14.5. The Morgan fingerprint density at radius 2 is 2.11 bits per heavy atom. The zero-order chi connectivity index (χ0) is 13.8. The van der Waals surface area contributed by atoms with Crippen molar-refractivity contribution in [3.63, 3.8) is 0 Å². The number of hydrogen-bond acceptors (Lipinski definition) is 3. The summed E-state index contributed by atoms with van der Waals surface area (Å²) in [4.78, 5) is 10.8. The molecule has 1 saturated carbocycles. The molecule has 19 heavy (non-hydrogen) atoms. The highest BCUT2D eigenvalue weighted by molar-refractivity contribution is 5.55. The largest absolute Gasteiger partial charge is 0.382 e. The lowest BCUT2D eigenvalue weighted by Crippen LogP contribution is -2.30. The number of nitrogens with zero attached hydrogens (tertiary/aromatic N) is 1. The Morgan fingerprint density at radius 3 is 2.74 bits per heavy atom. The lowest BCUT2D eigenvalue weighted by molar-refractivity contribution is -0.385. The first-order valence-corrected chi connectivity index (χ1v) is 7.15. The van der Waals surface area contributed by atoms with Gasteiger partial charge in [0.15, 0.2) is 0 Å². The van der Waals surface area contributed by atoms with Crippen molar-refractivity contribution in [3.05, 3.63) is 33.9 Å². The fraction of sp³-hybridized carbons (Fsp3) is 0.600. The number of nitro groups is 1. The molecule has 2 atom stereocenters. The lowest BCUT2D eigenvalue weighted by Gasteiger charge is -2.30. The van der Waals surface area contributed by atoms with Crippen LogP contribution < -0.4 is 5.32 Å². The Bertz CT molecular complexity index is 459. The van der Waals surface area contributed by atoms with Crippen LogP contribution in [-0.2, 0) is 6.42 Å². The van der Waals surface area contributed by atoms with E-state index >= 15 is 0 Å². The molecule has 1 aromatic carbocycles. The number of nitrogens with one attached hydrogen (secondary N) is 1. The SMILES string of the molecule is CCc1ccc(NC2CCCCC2C)cc1[N+](=O)[O-]. The van der Waals surface area contributed by atoms with E-state index in [1.807, 2.05) is 19.1 Å². The molecule has 104 valence electrons. The summed E-state index contributed by atoms with van der Waals surface area (Å²) >= 11 is 0. The molecule has 1 aliphatic rings. The van der Waals surface area contributed by atoms with E-state index in [1.54, 1.807) is 6.07 Å². The van der Waals surface area contributed by atoms with Crippen molar-refractivity contribution in [3.8, 4) is 0 Å². The van der Waals surface area contributed by atoms with Gasteiger partial charge in [0, 0.05) is 23.4 Å². The first-order chi connectivity index (χ1) is 9.11. The van der Waals surface area contributed by atoms with Gasteiger partial charge < -0.3 is 5.32 Å². The molecule has 2 rings (SSSR count).